The van der Waals surface area contributed by atoms with Gasteiger partial charge in [0.05, 0.1) is 5.69 Å². The predicted octanol–water partition coefficient (Wildman–Crippen LogP) is 3.82. The number of hydrogen-bond donors (Lipinski definition) is 1. The average molecular weight is 353 g/mol. The van der Waals surface area contributed by atoms with Crippen molar-refractivity contribution in [3.8, 4) is 0 Å². The smallest absolute Gasteiger partial charge is 0.321 e. The maximum atomic E-state index is 11.8. The number of hydrogen-bond acceptors (Lipinski definition) is 1. The van der Waals surface area contributed by atoms with Gasteiger partial charge in [-0.2, -0.15) is 0 Å². The van der Waals surface area contributed by atoms with E-state index in [9.17, 15) is 4.79 Å². The van der Waals surface area contributed by atoms with Gasteiger partial charge in [-0.25, -0.2) is 4.79 Å². The molecule has 0 bridgehead atoms. The Balaban J connectivity index is 2.76. The summed E-state index contributed by atoms with van der Waals surface area (Å²) in [6.07, 6.45) is 0. The fourth-order valence-corrected chi connectivity index (χ4v) is 2.30. The molecule has 0 aromatic heterocycles. The van der Waals surface area contributed by atoms with Gasteiger partial charge in [-0.1, -0.05) is 11.6 Å². The minimum atomic E-state index is -0.0785. The van der Waals surface area contributed by atoms with Gasteiger partial charge < -0.3 is 10.2 Å². The van der Waals surface area contributed by atoms with Crippen molar-refractivity contribution < 1.29 is 4.79 Å². The number of nitrogens with zero attached hydrogens (tertiary/aromatic N) is 1. The Morgan fingerprint density at radius 2 is 2.06 bits per heavy atom. The molecular formula is C11H14ClIN2O. The van der Waals surface area contributed by atoms with Crippen molar-refractivity contribution in [1.29, 1.82) is 0 Å². The molecule has 1 aromatic carbocycles. The Bertz CT molecular complexity index is 380. The summed E-state index contributed by atoms with van der Waals surface area (Å²) in [5.74, 6) is 0. The molecule has 0 aliphatic rings. The first-order valence-corrected chi connectivity index (χ1v) is 6.55. The molecule has 0 aliphatic heterocycles. The van der Waals surface area contributed by atoms with E-state index in [0.29, 0.717) is 18.1 Å². The maximum absolute atomic E-state index is 11.8. The lowest BCUT2D eigenvalue weighted by Gasteiger charge is -2.19. The monoisotopic (exact) mass is 352 g/mol. The minimum Gasteiger partial charge on any atom is -0.325 e. The first-order valence-electron chi connectivity index (χ1n) is 5.09. The van der Waals surface area contributed by atoms with Gasteiger partial charge in [-0.3, -0.25) is 0 Å². The van der Waals surface area contributed by atoms with E-state index in [1.165, 1.54) is 0 Å². The van der Waals surface area contributed by atoms with Crippen LogP contribution >= 0.6 is 34.2 Å². The molecule has 0 atom stereocenters. The number of carbonyl (C=O) groups excluding carboxylic acids is 1. The normalized spacial score (nSPS) is 10.0. The second-order valence-electron chi connectivity index (χ2n) is 3.23. The first-order chi connectivity index (χ1) is 7.58. The van der Waals surface area contributed by atoms with E-state index >= 15 is 0 Å². The quantitative estimate of drug-likeness (QED) is 0.824. The average Bonchev–Trinajstić information content (AvgIpc) is 2.24. The number of carbonyl (C=O) groups is 1. The van der Waals surface area contributed by atoms with Gasteiger partial charge in [0.2, 0.25) is 0 Å². The highest BCUT2D eigenvalue weighted by Crippen LogP contribution is 2.22. The Morgan fingerprint density at radius 3 is 2.56 bits per heavy atom. The first kappa shape index (κ1) is 13.6. The van der Waals surface area contributed by atoms with Crippen molar-refractivity contribution in [1.82, 2.24) is 4.90 Å². The predicted molar refractivity (Wildman–Crippen MR) is 76.1 cm³/mol. The van der Waals surface area contributed by atoms with Crippen LogP contribution in [0.1, 0.15) is 13.8 Å². The lowest BCUT2D eigenvalue weighted by molar-refractivity contribution is 0.217. The zero-order valence-electron chi connectivity index (χ0n) is 9.26. The van der Waals surface area contributed by atoms with Crippen LogP contribution in [0.5, 0.6) is 0 Å². The van der Waals surface area contributed by atoms with Crippen LogP contribution in [0.4, 0.5) is 10.5 Å². The molecule has 3 nitrogen and oxygen atoms in total. The number of amides is 2. The molecule has 0 aliphatic carbocycles. The van der Waals surface area contributed by atoms with Crippen molar-refractivity contribution in [2.75, 3.05) is 18.4 Å². The Labute approximate surface area is 114 Å². The fourth-order valence-electron chi connectivity index (χ4n) is 1.30. The van der Waals surface area contributed by atoms with E-state index in [-0.39, 0.29) is 6.03 Å². The summed E-state index contributed by atoms with van der Waals surface area (Å²) in [4.78, 5) is 13.5. The van der Waals surface area contributed by atoms with E-state index in [0.717, 1.165) is 9.26 Å². The van der Waals surface area contributed by atoms with Crippen LogP contribution in [-0.4, -0.2) is 24.0 Å². The molecule has 0 heterocycles. The molecule has 0 saturated heterocycles. The van der Waals surface area contributed by atoms with Gasteiger partial charge in [0.15, 0.2) is 0 Å². The zero-order valence-corrected chi connectivity index (χ0v) is 12.2. The molecule has 0 saturated carbocycles. The third-order valence-electron chi connectivity index (χ3n) is 2.22. The summed E-state index contributed by atoms with van der Waals surface area (Å²) in [5.41, 5.74) is 0.793. The maximum Gasteiger partial charge on any atom is 0.321 e. The van der Waals surface area contributed by atoms with Gasteiger partial charge in [0.1, 0.15) is 0 Å². The Hall–Kier alpha value is -0.490. The molecule has 88 valence electrons. The van der Waals surface area contributed by atoms with Gasteiger partial charge in [-0.05, 0) is 54.6 Å². The van der Waals surface area contributed by atoms with E-state index in [2.05, 4.69) is 27.9 Å². The second kappa shape index (κ2) is 6.30. The van der Waals surface area contributed by atoms with Crippen molar-refractivity contribution in [3.05, 3.63) is 26.8 Å². The number of halogens is 2. The van der Waals surface area contributed by atoms with Crippen LogP contribution in [0.2, 0.25) is 5.02 Å². The summed E-state index contributed by atoms with van der Waals surface area (Å²) >= 11 is 7.99. The Morgan fingerprint density at radius 1 is 1.44 bits per heavy atom. The highest BCUT2D eigenvalue weighted by molar-refractivity contribution is 14.1. The molecule has 1 aromatic rings. The van der Waals surface area contributed by atoms with Crippen LogP contribution in [0.15, 0.2) is 18.2 Å². The van der Waals surface area contributed by atoms with Crippen LogP contribution in [0, 0.1) is 3.57 Å². The van der Waals surface area contributed by atoms with Crippen molar-refractivity contribution in [2.24, 2.45) is 0 Å². The van der Waals surface area contributed by atoms with E-state index < -0.39 is 0 Å². The van der Waals surface area contributed by atoms with Crippen molar-refractivity contribution >= 4 is 45.9 Å². The van der Waals surface area contributed by atoms with E-state index in [1.54, 1.807) is 11.0 Å². The van der Waals surface area contributed by atoms with Crippen LogP contribution in [0.25, 0.3) is 0 Å². The molecule has 5 heteroatoms. The summed E-state index contributed by atoms with van der Waals surface area (Å²) in [6.45, 7) is 5.31. The SMILES string of the molecule is CCN(CC)C(=O)Nc1ccc(Cl)cc1I. The zero-order chi connectivity index (χ0) is 12.1. The largest absolute Gasteiger partial charge is 0.325 e. The Kier molecular flexibility index (Phi) is 5.34. The van der Waals surface area contributed by atoms with E-state index in [1.807, 2.05) is 26.0 Å². The number of benzene rings is 1. The molecule has 0 unspecified atom stereocenters. The van der Waals surface area contributed by atoms with Crippen molar-refractivity contribution in [3.63, 3.8) is 0 Å². The molecule has 0 fully saturated rings. The molecule has 16 heavy (non-hydrogen) atoms. The number of anilines is 1. The van der Waals surface area contributed by atoms with Gasteiger partial charge in [0.25, 0.3) is 0 Å². The third-order valence-corrected chi connectivity index (χ3v) is 3.35. The number of urea groups is 1. The number of nitrogens with one attached hydrogen (secondary N) is 1. The fraction of sp³-hybridized carbons (Fsp3) is 0.364. The minimum absolute atomic E-state index is 0.0785. The van der Waals surface area contributed by atoms with Crippen LogP contribution in [0.3, 0.4) is 0 Å². The van der Waals surface area contributed by atoms with Crippen LogP contribution < -0.4 is 5.32 Å². The topological polar surface area (TPSA) is 32.3 Å². The highest BCUT2D eigenvalue weighted by atomic mass is 127. The molecule has 1 rings (SSSR count). The van der Waals surface area contributed by atoms with Crippen molar-refractivity contribution in [2.45, 2.75) is 13.8 Å². The lowest BCUT2D eigenvalue weighted by Crippen LogP contribution is -2.34. The number of rotatable bonds is 3. The molecular weight excluding hydrogens is 338 g/mol. The summed E-state index contributed by atoms with van der Waals surface area (Å²) in [7, 11) is 0. The second-order valence-corrected chi connectivity index (χ2v) is 4.83. The van der Waals surface area contributed by atoms with Gasteiger partial charge in [0, 0.05) is 21.7 Å². The van der Waals surface area contributed by atoms with Crippen LogP contribution in [-0.2, 0) is 0 Å². The molecule has 2 amide bonds. The van der Waals surface area contributed by atoms with Gasteiger partial charge in [-0.15, -0.1) is 0 Å². The molecule has 1 N–H and O–H groups in total. The third kappa shape index (κ3) is 3.52. The highest BCUT2D eigenvalue weighted by Gasteiger charge is 2.10. The molecule has 0 spiro atoms. The standard InChI is InChI=1S/C11H14ClIN2O/c1-3-15(4-2)11(16)14-10-6-5-8(12)7-9(10)13/h5-7H,3-4H2,1-2H3,(H,14,16). The lowest BCUT2D eigenvalue weighted by atomic mass is 10.3. The summed E-state index contributed by atoms with van der Waals surface area (Å²) in [5, 5.41) is 3.53. The van der Waals surface area contributed by atoms with E-state index in [4.69, 9.17) is 11.6 Å². The molecule has 0 radical (unpaired) electrons. The summed E-state index contributed by atoms with van der Waals surface area (Å²) in [6, 6.07) is 5.32. The van der Waals surface area contributed by atoms with Gasteiger partial charge >= 0.3 is 6.03 Å². The summed E-state index contributed by atoms with van der Waals surface area (Å²) < 4.78 is 0.936.